The van der Waals surface area contributed by atoms with Crippen LogP contribution in [0.5, 0.6) is 0 Å². The fourth-order valence-electron chi connectivity index (χ4n) is 4.26. The first-order chi connectivity index (χ1) is 12.4. The highest BCUT2D eigenvalue weighted by molar-refractivity contribution is 6.05. The lowest BCUT2D eigenvalue weighted by Gasteiger charge is -2.41. The number of carbonyl (C=O) groups excluding carboxylic acids is 1. The van der Waals surface area contributed by atoms with Crippen molar-refractivity contribution in [3.8, 4) is 11.1 Å². The number of carboxylic acid groups (broad SMARTS) is 1. The molecule has 1 amide bonds. The number of hydrogen-bond donors (Lipinski definition) is 1. The Kier molecular flexibility index (Phi) is 3.79. The van der Waals surface area contributed by atoms with E-state index >= 15 is 0 Å². The van der Waals surface area contributed by atoms with Gasteiger partial charge in [-0.05, 0) is 42.0 Å². The summed E-state index contributed by atoms with van der Waals surface area (Å²) in [5.74, 6) is -1.43. The Hall–Kier alpha value is -2.76. The van der Waals surface area contributed by atoms with Crippen LogP contribution >= 0.6 is 0 Å². The van der Waals surface area contributed by atoms with Crippen LogP contribution < -0.4 is 0 Å². The molecule has 6 heteroatoms. The third kappa shape index (κ3) is 2.32. The maximum atomic E-state index is 13.6. The molecule has 2 aliphatic heterocycles. The molecule has 3 fully saturated rings. The number of rotatable bonds is 4. The van der Waals surface area contributed by atoms with Gasteiger partial charge in [-0.15, -0.1) is 0 Å². The lowest BCUT2D eigenvalue weighted by Crippen LogP contribution is -2.53. The summed E-state index contributed by atoms with van der Waals surface area (Å²) in [5.41, 5.74) is -0.178. The molecule has 0 atom stereocenters. The van der Waals surface area contributed by atoms with Crippen molar-refractivity contribution < 1.29 is 23.5 Å². The van der Waals surface area contributed by atoms with Crippen LogP contribution in [-0.2, 0) is 0 Å². The van der Waals surface area contributed by atoms with E-state index in [0.29, 0.717) is 30.5 Å². The molecule has 2 heterocycles. The Bertz CT molecular complexity index is 890. The van der Waals surface area contributed by atoms with Crippen LogP contribution in [0.15, 0.2) is 48.5 Å². The summed E-state index contributed by atoms with van der Waals surface area (Å²) in [7, 11) is 0. The summed E-state index contributed by atoms with van der Waals surface area (Å²) in [5, 5.41) is 9.44. The zero-order valence-electron chi connectivity index (χ0n) is 13.9. The molecule has 0 radical (unpaired) electrons. The zero-order chi connectivity index (χ0) is 18.5. The molecule has 26 heavy (non-hydrogen) atoms. The highest BCUT2D eigenvalue weighted by Crippen LogP contribution is 2.54. The molecule has 2 bridgehead atoms. The molecule has 2 aromatic carbocycles. The van der Waals surface area contributed by atoms with Crippen molar-refractivity contribution in [1.82, 2.24) is 4.90 Å². The molecule has 2 saturated heterocycles. The minimum atomic E-state index is -2.58. The average molecular weight is 357 g/mol. The quantitative estimate of drug-likeness (QED) is 0.902. The van der Waals surface area contributed by atoms with Gasteiger partial charge >= 0.3 is 5.97 Å². The number of carboxylic acids is 1. The first-order valence-electron chi connectivity index (χ1n) is 8.46. The minimum absolute atomic E-state index is 0.0713. The van der Waals surface area contributed by atoms with Crippen LogP contribution in [0, 0.1) is 5.92 Å². The van der Waals surface area contributed by atoms with Crippen LogP contribution in [0.3, 0.4) is 0 Å². The third-order valence-corrected chi connectivity index (χ3v) is 5.52. The van der Waals surface area contributed by atoms with Gasteiger partial charge in [-0.1, -0.05) is 36.4 Å². The second kappa shape index (κ2) is 5.90. The molecule has 0 unspecified atom stereocenters. The van der Waals surface area contributed by atoms with Crippen molar-refractivity contribution in [2.24, 2.45) is 5.92 Å². The van der Waals surface area contributed by atoms with E-state index in [-0.39, 0.29) is 17.0 Å². The van der Waals surface area contributed by atoms with E-state index in [0.717, 1.165) is 0 Å². The van der Waals surface area contributed by atoms with Gasteiger partial charge in [0.15, 0.2) is 0 Å². The lowest BCUT2D eigenvalue weighted by molar-refractivity contribution is -0.0455. The molecule has 5 rings (SSSR count). The van der Waals surface area contributed by atoms with Gasteiger partial charge in [-0.2, -0.15) is 0 Å². The SMILES string of the molecule is O=C(O)c1ccccc1-c1ccccc1C(=O)N1CC2CC1(C(F)F)C2. The summed E-state index contributed by atoms with van der Waals surface area (Å²) in [4.78, 5) is 25.9. The molecular weight excluding hydrogens is 340 g/mol. The smallest absolute Gasteiger partial charge is 0.336 e. The number of halogens is 2. The predicted molar refractivity (Wildman–Crippen MR) is 91.3 cm³/mol. The van der Waals surface area contributed by atoms with E-state index in [1.807, 2.05) is 0 Å². The van der Waals surface area contributed by atoms with E-state index in [9.17, 15) is 23.5 Å². The second-order valence-corrected chi connectivity index (χ2v) is 6.99. The zero-order valence-corrected chi connectivity index (χ0v) is 13.9. The van der Waals surface area contributed by atoms with Crippen LogP contribution in [0.25, 0.3) is 11.1 Å². The molecule has 2 aromatic rings. The Morgan fingerprint density at radius 1 is 1.00 bits per heavy atom. The number of amides is 1. The Morgan fingerprint density at radius 2 is 1.54 bits per heavy atom. The number of alkyl halides is 2. The van der Waals surface area contributed by atoms with E-state index < -0.39 is 23.8 Å². The Morgan fingerprint density at radius 3 is 2.12 bits per heavy atom. The topological polar surface area (TPSA) is 57.6 Å². The molecular formula is C20H17F2NO3. The van der Waals surface area contributed by atoms with Gasteiger partial charge in [0.2, 0.25) is 0 Å². The predicted octanol–water partition coefficient (Wildman–Crippen LogP) is 3.92. The molecule has 134 valence electrons. The normalized spacial score (nSPS) is 23.8. The lowest BCUT2D eigenvalue weighted by atomic mass is 9.73. The maximum Gasteiger partial charge on any atom is 0.336 e. The first kappa shape index (κ1) is 16.7. The van der Waals surface area contributed by atoms with Crippen molar-refractivity contribution in [2.75, 3.05) is 6.54 Å². The monoisotopic (exact) mass is 357 g/mol. The van der Waals surface area contributed by atoms with Gasteiger partial charge in [0.1, 0.15) is 5.54 Å². The fourth-order valence-corrected chi connectivity index (χ4v) is 4.26. The highest BCUT2D eigenvalue weighted by Gasteiger charge is 2.63. The summed E-state index contributed by atoms with van der Waals surface area (Å²) < 4.78 is 27.2. The molecule has 0 spiro atoms. The van der Waals surface area contributed by atoms with Crippen LogP contribution in [0.4, 0.5) is 8.78 Å². The van der Waals surface area contributed by atoms with Gasteiger partial charge in [0.25, 0.3) is 12.3 Å². The first-order valence-corrected chi connectivity index (χ1v) is 8.46. The Balaban J connectivity index is 1.78. The minimum Gasteiger partial charge on any atom is -0.478 e. The van der Waals surface area contributed by atoms with Crippen molar-refractivity contribution in [3.05, 3.63) is 59.7 Å². The number of fused-ring (bicyclic) bond motifs is 1. The van der Waals surface area contributed by atoms with Crippen LogP contribution in [-0.4, -0.2) is 40.4 Å². The Labute approximate surface area is 149 Å². The molecule has 1 saturated carbocycles. The van der Waals surface area contributed by atoms with Crippen molar-refractivity contribution in [3.63, 3.8) is 0 Å². The molecule has 1 N–H and O–H groups in total. The van der Waals surface area contributed by atoms with Crippen LogP contribution in [0.1, 0.15) is 33.6 Å². The highest BCUT2D eigenvalue weighted by atomic mass is 19.3. The molecule has 0 aromatic heterocycles. The van der Waals surface area contributed by atoms with Gasteiger partial charge < -0.3 is 10.0 Å². The largest absolute Gasteiger partial charge is 0.478 e. The van der Waals surface area contributed by atoms with Crippen molar-refractivity contribution >= 4 is 11.9 Å². The number of carbonyl (C=O) groups is 2. The summed E-state index contributed by atoms with van der Waals surface area (Å²) >= 11 is 0. The van der Waals surface area contributed by atoms with Crippen LogP contribution in [0.2, 0.25) is 0 Å². The molecule has 3 aliphatic rings. The van der Waals surface area contributed by atoms with Gasteiger partial charge in [0.05, 0.1) is 5.56 Å². The van der Waals surface area contributed by atoms with E-state index in [1.54, 1.807) is 42.5 Å². The second-order valence-electron chi connectivity index (χ2n) is 6.99. The number of nitrogens with zero attached hydrogens (tertiary/aromatic N) is 1. The van der Waals surface area contributed by atoms with Gasteiger partial charge in [-0.25, -0.2) is 13.6 Å². The van der Waals surface area contributed by atoms with Crippen molar-refractivity contribution in [1.29, 1.82) is 0 Å². The van der Waals surface area contributed by atoms with Crippen molar-refractivity contribution in [2.45, 2.75) is 24.8 Å². The molecule has 1 aliphatic carbocycles. The third-order valence-electron chi connectivity index (χ3n) is 5.52. The number of hydrogen-bond acceptors (Lipinski definition) is 2. The summed E-state index contributed by atoms with van der Waals surface area (Å²) in [6.45, 7) is 0.331. The number of benzene rings is 2. The van der Waals surface area contributed by atoms with E-state index in [4.69, 9.17) is 0 Å². The maximum absolute atomic E-state index is 13.6. The van der Waals surface area contributed by atoms with E-state index in [2.05, 4.69) is 0 Å². The summed E-state index contributed by atoms with van der Waals surface area (Å²) in [6, 6.07) is 13.0. The van der Waals surface area contributed by atoms with Gasteiger partial charge in [0, 0.05) is 12.1 Å². The molecule has 4 nitrogen and oxygen atoms in total. The number of aromatic carboxylic acids is 1. The van der Waals surface area contributed by atoms with E-state index in [1.165, 1.54) is 11.0 Å². The average Bonchev–Trinajstić information content (AvgIpc) is 3.18. The fraction of sp³-hybridized carbons (Fsp3) is 0.300. The standard InChI is InChI=1S/C20H17F2NO3/c21-19(22)20-9-12(10-20)11-23(20)17(24)15-7-3-1-5-13(15)14-6-2-4-8-16(14)18(25)26/h1-8,12,19H,9-11H2,(H,25,26). The van der Waals surface area contributed by atoms with Gasteiger partial charge in [-0.3, -0.25) is 4.79 Å². The summed E-state index contributed by atoms with van der Waals surface area (Å²) in [6.07, 6.45) is -1.90.